The van der Waals surface area contributed by atoms with Crippen molar-refractivity contribution in [2.45, 2.75) is 12.6 Å². The van der Waals surface area contributed by atoms with Gasteiger partial charge in [0.15, 0.2) is 17.0 Å². The molecule has 0 radical (unpaired) electrons. The van der Waals surface area contributed by atoms with Crippen molar-refractivity contribution in [3.8, 4) is 0 Å². The number of rotatable bonds is 3. The molecule has 4 aromatic rings. The SMILES string of the molecule is Nc1nc(N)c2nc(CN3CC(=O)Nc4ccc(Cl)cc4C3c3ccccc3F)cnc2n1. The molecule has 5 rings (SSSR count). The zero-order valence-corrected chi connectivity index (χ0v) is 17.9. The average molecular weight is 465 g/mol. The number of fused-ring (bicyclic) bond motifs is 2. The van der Waals surface area contributed by atoms with Gasteiger partial charge in [-0.3, -0.25) is 9.69 Å². The highest BCUT2D eigenvalue weighted by Gasteiger charge is 2.32. The maximum absolute atomic E-state index is 15.0. The van der Waals surface area contributed by atoms with E-state index in [9.17, 15) is 9.18 Å². The molecule has 0 fully saturated rings. The monoisotopic (exact) mass is 464 g/mol. The van der Waals surface area contributed by atoms with Gasteiger partial charge in [-0.25, -0.2) is 14.4 Å². The highest BCUT2D eigenvalue weighted by molar-refractivity contribution is 6.30. The van der Waals surface area contributed by atoms with Crippen LogP contribution in [0.4, 0.5) is 21.8 Å². The molecule has 33 heavy (non-hydrogen) atoms. The lowest BCUT2D eigenvalue weighted by molar-refractivity contribution is -0.117. The summed E-state index contributed by atoms with van der Waals surface area (Å²) in [6, 6.07) is 10.9. The van der Waals surface area contributed by atoms with Gasteiger partial charge in [0.2, 0.25) is 11.9 Å². The first kappa shape index (κ1) is 21.0. The van der Waals surface area contributed by atoms with Crippen LogP contribution >= 0.6 is 11.6 Å². The molecule has 166 valence electrons. The summed E-state index contributed by atoms with van der Waals surface area (Å²) in [4.78, 5) is 31.3. The molecule has 9 nitrogen and oxygen atoms in total. The van der Waals surface area contributed by atoms with Gasteiger partial charge in [0.05, 0.1) is 24.5 Å². The first-order valence-corrected chi connectivity index (χ1v) is 10.4. The van der Waals surface area contributed by atoms with Gasteiger partial charge in [0.25, 0.3) is 0 Å². The highest BCUT2D eigenvalue weighted by atomic mass is 35.5. The molecule has 11 heteroatoms. The van der Waals surface area contributed by atoms with Crippen LogP contribution in [-0.4, -0.2) is 37.3 Å². The minimum Gasteiger partial charge on any atom is -0.382 e. The zero-order valence-electron chi connectivity index (χ0n) is 17.2. The molecular weight excluding hydrogens is 447 g/mol. The van der Waals surface area contributed by atoms with Gasteiger partial charge >= 0.3 is 0 Å². The van der Waals surface area contributed by atoms with Crippen LogP contribution in [0.2, 0.25) is 5.02 Å². The topological polar surface area (TPSA) is 136 Å². The molecule has 1 aliphatic rings. The van der Waals surface area contributed by atoms with Crippen molar-refractivity contribution in [3.63, 3.8) is 0 Å². The lowest BCUT2D eigenvalue weighted by Crippen LogP contribution is -2.34. The van der Waals surface area contributed by atoms with Gasteiger partial charge in [-0.2, -0.15) is 9.97 Å². The Bertz CT molecular complexity index is 1400. The number of nitrogens with zero attached hydrogens (tertiary/aromatic N) is 5. The first-order valence-electron chi connectivity index (χ1n) is 10.0. The molecule has 0 bridgehead atoms. The van der Waals surface area contributed by atoms with E-state index in [1.54, 1.807) is 41.3 Å². The number of nitrogens with one attached hydrogen (secondary N) is 1. The third-order valence-corrected chi connectivity index (χ3v) is 5.60. The molecule has 1 unspecified atom stereocenters. The number of nitrogen functional groups attached to an aromatic ring is 2. The third-order valence-electron chi connectivity index (χ3n) is 5.36. The smallest absolute Gasteiger partial charge is 0.238 e. The molecule has 0 saturated carbocycles. The van der Waals surface area contributed by atoms with Crippen molar-refractivity contribution in [1.29, 1.82) is 0 Å². The summed E-state index contributed by atoms with van der Waals surface area (Å²) in [5.74, 6) is -0.546. The minimum absolute atomic E-state index is 0.000609. The van der Waals surface area contributed by atoms with Crippen molar-refractivity contribution in [3.05, 3.63) is 76.3 Å². The Balaban J connectivity index is 1.63. The van der Waals surface area contributed by atoms with E-state index in [0.717, 1.165) is 0 Å². The Kier molecular flexibility index (Phi) is 5.23. The van der Waals surface area contributed by atoms with Gasteiger partial charge in [0, 0.05) is 22.8 Å². The number of benzene rings is 2. The van der Waals surface area contributed by atoms with Crippen LogP contribution in [0.15, 0.2) is 48.7 Å². The van der Waals surface area contributed by atoms with Gasteiger partial charge in [-0.05, 0) is 29.8 Å². The minimum atomic E-state index is -0.614. The fourth-order valence-corrected chi connectivity index (χ4v) is 4.19. The molecule has 2 aromatic heterocycles. The van der Waals surface area contributed by atoms with E-state index < -0.39 is 11.9 Å². The van der Waals surface area contributed by atoms with Crippen LogP contribution in [0.5, 0.6) is 0 Å². The predicted octanol–water partition coefficient (Wildman–Crippen LogP) is 2.92. The summed E-state index contributed by atoms with van der Waals surface area (Å²) in [5.41, 5.74) is 14.3. The largest absolute Gasteiger partial charge is 0.382 e. The van der Waals surface area contributed by atoms with Crippen LogP contribution in [0.1, 0.15) is 22.9 Å². The Hall–Kier alpha value is -3.89. The van der Waals surface area contributed by atoms with Crippen molar-refractivity contribution in [2.75, 3.05) is 23.3 Å². The molecule has 0 saturated heterocycles. The van der Waals surface area contributed by atoms with Crippen molar-refractivity contribution >= 4 is 46.1 Å². The maximum Gasteiger partial charge on any atom is 0.238 e. The Morgan fingerprint density at radius 2 is 1.94 bits per heavy atom. The Morgan fingerprint density at radius 3 is 2.76 bits per heavy atom. The standard InChI is InChI=1S/C22H18ClFN8O/c23-11-5-6-16-14(7-11)19(13-3-1-2-4-15(13)24)32(10-17(33)29-16)9-12-8-27-21-18(28-12)20(25)30-22(26)31-21/h1-8,19H,9-10H2,(H,29,33)(H4,25,26,27,30,31). The van der Waals surface area contributed by atoms with Gasteiger partial charge in [-0.15, -0.1) is 0 Å². The average Bonchev–Trinajstić information content (AvgIpc) is 2.90. The van der Waals surface area contributed by atoms with Gasteiger partial charge in [0.1, 0.15) is 5.82 Å². The summed E-state index contributed by atoms with van der Waals surface area (Å²) < 4.78 is 15.0. The van der Waals surface area contributed by atoms with Gasteiger partial charge in [-0.1, -0.05) is 29.8 Å². The third kappa shape index (κ3) is 4.01. The van der Waals surface area contributed by atoms with E-state index in [2.05, 4.69) is 25.3 Å². The normalized spacial score (nSPS) is 16.3. The number of anilines is 3. The Morgan fingerprint density at radius 1 is 1.12 bits per heavy atom. The molecule has 1 amide bonds. The zero-order chi connectivity index (χ0) is 23.1. The fraction of sp³-hybridized carbons (Fsp3) is 0.136. The van der Waals surface area contributed by atoms with E-state index >= 15 is 0 Å². The number of carbonyl (C=O) groups is 1. The molecule has 1 atom stereocenters. The molecule has 1 aliphatic heterocycles. The van der Waals surface area contributed by atoms with E-state index in [1.165, 1.54) is 12.3 Å². The fourth-order valence-electron chi connectivity index (χ4n) is 4.01. The number of halogens is 2. The van der Waals surface area contributed by atoms with E-state index in [1.807, 2.05) is 0 Å². The molecule has 5 N–H and O–H groups in total. The number of aromatic nitrogens is 4. The molecule has 0 spiro atoms. The quantitative estimate of drug-likeness (QED) is 0.421. The number of nitrogens with two attached hydrogens (primary N) is 2. The summed E-state index contributed by atoms with van der Waals surface area (Å²) in [6.07, 6.45) is 1.52. The van der Waals surface area contributed by atoms with E-state index in [-0.39, 0.29) is 36.4 Å². The van der Waals surface area contributed by atoms with Crippen LogP contribution < -0.4 is 16.8 Å². The summed E-state index contributed by atoms with van der Waals surface area (Å²) in [7, 11) is 0. The van der Waals surface area contributed by atoms with Crippen LogP contribution in [0, 0.1) is 5.82 Å². The summed E-state index contributed by atoms with van der Waals surface area (Å²) >= 11 is 6.28. The van der Waals surface area contributed by atoms with Crippen LogP contribution in [0.3, 0.4) is 0 Å². The lowest BCUT2D eigenvalue weighted by Gasteiger charge is -2.30. The Labute approximate surface area is 192 Å². The summed E-state index contributed by atoms with van der Waals surface area (Å²) in [6.45, 7) is 0.157. The van der Waals surface area contributed by atoms with Crippen LogP contribution in [-0.2, 0) is 11.3 Å². The molecule has 2 aromatic carbocycles. The molecule has 3 heterocycles. The van der Waals surface area contributed by atoms with E-state index in [0.29, 0.717) is 33.0 Å². The predicted molar refractivity (Wildman–Crippen MR) is 123 cm³/mol. The number of hydrogen-bond donors (Lipinski definition) is 3. The highest BCUT2D eigenvalue weighted by Crippen LogP contribution is 2.38. The molecular formula is C22H18ClFN8O. The molecule has 0 aliphatic carbocycles. The number of amides is 1. The van der Waals surface area contributed by atoms with Crippen molar-refractivity contribution < 1.29 is 9.18 Å². The van der Waals surface area contributed by atoms with Gasteiger partial charge < -0.3 is 16.8 Å². The second-order valence-corrected chi connectivity index (χ2v) is 8.05. The lowest BCUT2D eigenvalue weighted by atomic mass is 9.95. The second-order valence-electron chi connectivity index (χ2n) is 7.61. The first-order chi connectivity index (χ1) is 15.9. The van der Waals surface area contributed by atoms with Crippen molar-refractivity contribution in [2.24, 2.45) is 0 Å². The van der Waals surface area contributed by atoms with Crippen molar-refractivity contribution in [1.82, 2.24) is 24.8 Å². The van der Waals surface area contributed by atoms with E-state index in [4.69, 9.17) is 23.1 Å². The summed E-state index contributed by atoms with van der Waals surface area (Å²) in [5, 5.41) is 3.35. The number of carbonyl (C=O) groups excluding carboxylic acids is 1. The maximum atomic E-state index is 15.0. The number of hydrogen-bond acceptors (Lipinski definition) is 8. The second kappa shape index (κ2) is 8.23. The van der Waals surface area contributed by atoms with Crippen LogP contribution in [0.25, 0.3) is 11.2 Å².